The van der Waals surface area contributed by atoms with Gasteiger partial charge in [0.1, 0.15) is 0 Å². The molecule has 1 aromatic carbocycles. The second-order valence-electron chi connectivity index (χ2n) is 6.93. The molecule has 2 aliphatic rings. The van der Waals surface area contributed by atoms with Crippen molar-refractivity contribution in [1.82, 2.24) is 10.2 Å². The average Bonchev–Trinajstić information content (AvgIpc) is 3.22. The van der Waals surface area contributed by atoms with Crippen LogP contribution in [0.2, 0.25) is 0 Å². The molecule has 0 spiro atoms. The number of benzene rings is 1. The molecule has 3 rings (SSSR count). The molecule has 1 atom stereocenters. The number of nitrogens with zero attached hydrogens (tertiary/aromatic N) is 1. The lowest BCUT2D eigenvalue weighted by Gasteiger charge is -2.38. The fourth-order valence-corrected chi connectivity index (χ4v) is 3.22. The van der Waals surface area contributed by atoms with Gasteiger partial charge in [0.05, 0.1) is 0 Å². The first-order valence-electron chi connectivity index (χ1n) is 8.15. The molecular formula is C18H28N2. The normalized spacial score (nSPS) is 27.4. The maximum Gasteiger partial charge on any atom is 0.0192 e. The Labute approximate surface area is 123 Å². The summed E-state index contributed by atoms with van der Waals surface area (Å²) in [7, 11) is 2.28. The highest BCUT2D eigenvalue weighted by molar-refractivity contribution is 5.26. The van der Waals surface area contributed by atoms with E-state index in [-0.39, 0.29) is 0 Å². The van der Waals surface area contributed by atoms with E-state index in [1.807, 2.05) is 0 Å². The Morgan fingerprint density at radius 1 is 1.20 bits per heavy atom. The predicted molar refractivity (Wildman–Crippen MR) is 85.2 cm³/mol. The third kappa shape index (κ3) is 3.24. The minimum Gasteiger partial charge on any atom is -0.312 e. The first-order valence-corrected chi connectivity index (χ1v) is 8.15. The van der Waals surface area contributed by atoms with Gasteiger partial charge in [0.25, 0.3) is 0 Å². The Hall–Kier alpha value is -0.860. The molecule has 0 aliphatic heterocycles. The Balaban J connectivity index is 1.38. The van der Waals surface area contributed by atoms with Gasteiger partial charge in [-0.25, -0.2) is 0 Å². The summed E-state index contributed by atoms with van der Waals surface area (Å²) < 4.78 is 0. The van der Waals surface area contributed by atoms with Crippen LogP contribution in [0.4, 0.5) is 0 Å². The molecule has 2 aliphatic carbocycles. The predicted octanol–water partition coefficient (Wildman–Crippen LogP) is 3.31. The van der Waals surface area contributed by atoms with Crippen LogP contribution in [0, 0.1) is 6.92 Å². The van der Waals surface area contributed by atoms with Crippen molar-refractivity contribution in [2.45, 2.75) is 63.6 Å². The molecule has 1 unspecified atom stereocenters. The highest BCUT2D eigenvalue weighted by atomic mass is 15.2. The molecule has 2 nitrogen and oxygen atoms in total. The minimum atomic E-state index is 0.668. The fraction of sp³-hybridized carbons (Fsp3) is 0.667. The number of aryl methyl sites for hydroxylation is 1. The molecule has 1 N–H and O–H groups in total. The van der Waals surface area contributed by atoms with Crippen LogP contribution in [0.5, 0.6) is 0 Å². The number of hydrogen-bond acceptors (Lipinski definition) is 2. The van der Waals surface area contributed by atoms with Gasteiger partial charge in [-0.05, 0) is 58.1 Å². The summed E-state index contributed by atoms with van der Waals surface area (Å²) in [5, 5.41) is 3.75. The van der Waals surface area contributed by atoms with Crippen LogP contribution in [0.25, 0.3) is 0 Å². The molecule has 0 saturated heterocycles. The van der Waals surface area contributed by atoms with Crippen LogP contribution >= 0.6 is 0 Å². The van der Waals surface area contributed by atoms with Crippen molar-refractivity contribution in [2.75, 3.05) is 13.6 Å². The van der Waals surface area contributed by atoms with E-state index in [2.05, 4.69) is 55.4 Å². The van der Waals surface area contributed by atoms with Crippen molar-refractivity contribution < 1.29 is 0 Å². The molecule has 0 amide bonds. The molecule has 2 heteroatoms. The van der Waals surface area contributed by atoms with Crippen LogP contribution in [0.15, 0.2) is 24.3 Å². The van der Waals surface area contributed by atoms with Gasteiger partial charge in [0, 0.05) is 24.7 Å². The average molecular weight is 272 g/mol. The quantitative estimate of drug-likeness (QED) is 0.854. The number of hydrogen-bond donors (Lipinski definition) is 1. The van der Waals surface area contributed by atoms with E-state index in [1.165, 1.54) is 36.8 Å². The maximum absolute atomic E-state index is 3.75. The van der Waals surface area contributed by atoms with Crippen LogP contribution in [-0.4, -0.2) is 36.6 Å². The number of rotatable bonds is 6. The second kappa shape index (κ2) is 5.87. The monoisotopic (exact) mass is 272 g/mol. The molecule has 20 heavy (non-hydrogen) atoms. The molecule has 0 bridgehead atoms. The lowest BCUT2D eigenvalue weighted by atomic mass is 9.75. The zero-order chi connectivity index (χ0) is 14.1. The van der Waals surface area contributed by atoms with Crippen molar-refractivity contribution in [3.8, 4) is 0 Å². The van der Waals surface area contributed by atoms with Crippen LogP contribution in [-0.2, 0) is 0 Å². The van der Waals surface area contributed by atoms with Crippen molar-refractivity contribution in [3.05, 3.63) is 35.4 Å². The van der Waals surface area contributed by atoms with Crippen molar-refractivity contribution in [2.24, 2.45) is 0 Å². The zero-order valence-corrected chi connectivity index (χ0v) is 13.1. The summed E-state index contributed by atoms with van der Waals surface area (Å²) in [6.07, 6.45) is 5.42. The van der Waals surface area contributed by atoms with E-state index in [9.17, 15) is 0 Å². The van der Waals surface area contributed by atoms with E-state index in [4.69, 9.17) is 0 Å². The Morgan fingerprint density at radius 3 is 2.45 bits per heavy atom. The summed E-state index contributed by atoms with van der Waals surface area (Å²) in [5.74, 6) is 0.782. The second-order valence-corrected chi connectivity index (χ2v) is 6.93. The lowest BCUT2D eigenvalue weighted by Crippen LogP contribution is -2.46. The van der Waals surface area contributed by atoms with E-state index in [1.54, 1.807) is 0 Å². The number of nitrogens with one attached hydrogen (secondary N) is 1. The summed E-state index contributed by atoms with van der Waals surface area (Å²) in [6, 6.07) is 11.4. The highest BCUT2D eigenvalue weighted by Gasteiger charge is 2.32. The standard InChI is InChI=1S/C18H28N2/c1-13-4-6-15(7-5-13)16-10-17(11-16)19-12-14(2)20(3)18-8-9-18/h4-7,14,16-19H,8-12H2,1-3H3. The van der Waals surface area contributed by atoms with Gasteiger partial charge in [-0.2, -0.15) is 0 Å². The van der Waals surface area contributed by atoms with Crippen LogP contribution in [0.1, 0.15) is 49.7 Å². The Morgan fingerprint density at radius 2 is 1.85 bits per heavy atom. The maximum atomic E-state index is 3.75. The highest BCUT2D eigenvalue weighted by Crippen LogP contribution is 2.37. The zero-order valence-electron chi connectivity index (χ0n) is 13.1. The Kier molecular flexibility index (Phi) is 4.13. The molecule has 0 aromatic heterocycles. The van der Waals surface area contributed by atoms with E-state index in [0.29, 0.717) is 6.04 Å². The molecule has 0 radical (unpaired) electrons. The summed E-state index contributed by atoms with van der Waals surface area (Å²) in [5.41, 5.74) is 2.89. The molecule has 110 valence electrons. The first-order chi connectivity index (χ1) is 9.63. The van der Waals surface area contributed by atoms with E-state index in [0.717, 1.165) is 24.5 Å². The summed E-state index contributed by atoms with van der Waals surface area (Å²) >= 11 is 0. The van der Waals surface area contributed by atoms with Gasteiger partial charge in [-0.3, -0.25) is 4.90 Å². The molecule has 2 fully saturated rings. The van der Waals surface area contributed by atoms with Crippen molar-refractivity contribution in [3.63, 3.8) is 0 Å². The molecule has 0 heterocycles. The fourth-order valence-electron chi connectivity index (χ4n) is 3.22. The van der Waals surface area contributed by atoms with Gasteiger partial charge in [0.2, 0.25) is 0 Å². The van der Waals surface area contributed by atoms with E-state index >= 15 is 0 Å². The largest absolute Gasteiger partial charge is 0.312 e. The van der Waals surface area contributed by atoms with Gasteiger partial charge >= 0.3 is 0 Å². The topological polar surface area (TPSA) is 15.3 Å². The van der Waals surface area contributed by atoms with Gasteiger partial charge in [-0.1, -0.05) is 29.8 Å². The van der Waals surface area contributed by atoms with Crippen molar-refractivity contribution in [1.29, 1.82) is 0 Å². The third-order valence-electron chi connectivity index (χ3n) is 5.21. The molecule has 1 aromatic rings. The van der Waals surface area contributed by atoms with Gasteiger partial charge < -0.3 is 5.32 Å². The van der Waals surface area contributed by atoms with Crippen molar-refractivity contribution >= 4 is 0 Å². The molecule has 2 saturated carbocycles. The van der Waals surface area contributed by atoms with Crippen LogP contribution in [0.3, 0.4) is 0 Å². The van der Waals surface area contributed by atoms with Crippen LogP contribution < -0.4 is 5.32 Å². The third-order valence-corrected chi connectivity index (χ3v) is 5.21. The minimum absolute atomic E-state index is 0.668. The smallest absolute Gasteiger partial charge is 0.0192 e. The summed E-state index contributed by atoms with van der Waals surface area (Å²) in [4.78, 5) is 2.54. The first kappa shape index (κ1) is 14.1. The van der Waals surface area contributed by atoms with Gasteiger partial charge in [-0.15, -0.1) is 0 Å². The van der Waals surface area contributed by atoms with E-state index < -0.39 is 0 Å². The summed E-state index contributed by atoms with van der Waals surface area (Å²) in [6.45, 7) is 5.65. The lowest BCUT2D eigenvalue weighted by molar-refractivity contribution is 0.213. The Bertz CT molecular complexity index is 429. The number of likely N-dealkylation sites (N-methyl/N-ethyl adjacent to an activating group) is 1. The SMILES string of the molecule is Cc1ccc(C2CC(NCC(C)N(C)C3CC3)C2)cc1. The molecular weight excluding hydrogens is 244 g/mol. The van der Waals surface area contributed by atoms with Gasteiger partial charge in [0.15, 0.2) is 0 Å².